The SMILES string of the molecule is CC(O)(CNC(=O)N1CCCCCCC1)C(=O)O. The molecule has 0 spiro atoms. The summed E-state index contributed by atoms with van der Waals surface area (Å²) in [5.74, 6) is -1.34. The molecule has 2 amide bonds. The lowest BCUT2D eigenvalue weighted by Gasteiger charge is -2.26. The maximum absolute atomic E-state index is 11.8. The molecule has 0 aromatic carbocycles. The van der Waals surface area contributed by atoms with Gasteiger partial charge < -0.3 is 20.4 Å². The minimum atomic E-state index is -1.92. The molecule has 6 nitrogen and oxygen atoms in total. The van der Waals surface area contributed by atoms with Crippen LogP contribution >= 0.6 is 0 Å². The average molecular weight is 258 g/mol. The van der Waals surface area contributed by atoms with Crippen LogP contribution in [0.3, 0.4) is 0 Å². The number of likely N-dealkylation sites (tertiary alicyclic amines) is 1. The standard InChI is InChI=1S/C12H22N2O4/c1-12(18,10(15)16)9-13-11(17)14-7-5-3-2-4-6-8-14/h18H,2-9H2,1H3,(H,13,17)(H,15,16). The smallest absolute Gasteiger partial charge is 0.337 e. The van der Waals surface area contributed by atoms with Crippen molar-refractivity contribution in [1.82, 2.24) is 10.2 Å². The molecule has 1 aliphatic heterocycles. The summed E-state index contributed by atoms with van der Waals surface area (Å²) < 4.78 is 0. The van der Waals surface area contributed by atoms with Gasteiger partial charge >= 0.3 is 12.0 Å². The molecule has 1 heterocycles. The number of carbonyl (C=O) groups excluding carboxylic acids is 1. The molecule has 0 saturated carbocycles. The first-order valence-electron chi connectivity index (χ1n) is 6.42. The number of hydrogen-bond donors (Lipinski definition) is 3. The molecule has 0 bridgehead atoms. The second-order valence-corrected chi connectivity index (χ2v) is 4.99. The molecule has 1 saturated heterocycles. The molecule has 0 radical (unpaired) electrons. The van der Waals surface area contributed by atoms with Gasteiger partial charge in [-0.2, -0.15) is 0 Å². The van der Waals surface area contributed by atoms with Crippen LogP contribution in [0.4, 0.5) is 4.79 Å². The first-order chi connectivity index (χ1) is 8.43. The Labute approximate surface area is 107 Å². The molecule has 1 fully saturated rings. The number of carbonyl (C=O) groups is 2. The zero-order valence-electron chi connectivity index (χ0n) is 10.8. The highest BCUT2D eigenvalue weighted by Crippen LogP contribution is 2.10. The maximum atomic E-state index is 11.8. The number of nitrogens with one attached hydrogen (secondary N) is 1. The van der Waals surface area contributed by atoms with Gasteiger partial charge in [0.05, 0.1) is 6.54 Å². The minimum Gasteiger partial charge on any atom is -0.479 e. The third kappa shape index (κ3) is 4.52. The maximum Gasteiger partial charge on any atom is 0.337 e. The van der Waals surface area contributed by atoms with E-state index in [4.69, 9.17) is 5.11 Å². The molecule has 1 aliphatic rings. The van der Waals surface area contributed by atoms with Gasteiger partial charge in [-0.25, -0.2) is 9.59 Å². The van der Waals surface area contributed by atoms with E-state index in [0.717, 1.165) is 25.7 Å². The lowest BCUT2D eigenvalue weighted by Crippen LogP contribution is -2.50. The summed E-state index contributed by atoms with van der Waals surface area (Å²) in [6, 6.07) is -0.293. The monoisotopic (exact) mass is 258 g/mol. The molecule has 3 N–H and O–H groups in total. The molecule has 1 unspecified atom stereocenters. The van der Waals surface area contributed by atoms with Crippen LogP contribution in [0.25, 0.3) is 0 Å². The van der Waals surface area contributed by atoms with Gasteiger partial charge in [0, 0.05) is 13.1 Å². The van der Waals surface area contributed by atoms with Crippen molar-refractivity contribution in [2.45, 2.75) is 44.6 Å². The number of carboxylic acids is 1. The number of hydrogen-bond acceptors (Lipinski definition) is 3. The molecular formula is C12H22N2O4. The van der Waals surface area contributed by atoms with Crippen molar-refractivity contribution in [3.8, 4) is 0 Å². The summed E-state index contributed by atoms with van der Waals surface area (Å²) in [6.07, 6.45) is 5.40. The molecule has 1 atom stereocenters. The van der Waals surface area contributed by atoms with Crippen LogP contribution in [0, 0.1) is 0 Å². The largest absolute Gasteiger partial charge is 0.479 e. The van der Waals surface area contributed by atoms with Crippen molar-refractivity contribution in [2.75, 3.05) is 19.6 Å². The molecule has 0 aliphatic carbocycles. The topological polar surface area (TPSA) is 89.9 Å². The third-order valence-electron chi connectivity index (χ3n) is 3.19. The zero-order chi connectivity index (χ0) is 13.6. The van der Waals surface area contributed by atoms with Crippen molar-refractivity contribution in [1.29, 1.82) is 0 Å². The van der Waals surface area contributed by atoms with E-state index in [1.807, 2.05) is 0 Å². The van der Waals surface area contributed by atoms with Crippen molar-refractivity contribution >= 4 is 12.0 Å². The van der Waals surface area contributed by atoms with Gasteiger partial charge in [0.25, 0.3) is 0 Å². The Kier molecular flexibility index (Phi) is 5.40. The van der Waals surface area contributed by atoms with Crippen LogP contribution in [0.5, 0.6) is 0 Å². The van der Waals surface area contributed by atoms with Gasteiger partial charge in [0.2, 0.25) is 0 Å². The highest BCUT2D eigenvalue weighted by atomic mass is 16.4. The molecule has 6 heteroatoms. The Hall–Kier alpha value is -1.30. The third-order valence-corrected chi connectivity index (χ3v) is 3.19. The molecule has 104 valence electrons. The lowest BCUT2D eigenvalue weighted by molar-refractivity contribution is -0.155. The van der Waals surface area contributed by atoms with Gasteiger partial charge in [-0.05, 0) is 19.8 Å². The highest BCUT2D eigenvalue weighted by Gasteiger charge is 2.30. The van der Waals surface area contributed by atoms with Crippen LogP contribution < -0.4 is 5.32 Å². The predicted octanol–water partition coefficient (Wildman–Crippen LogP) is 0.798. The van der Waals surface area contributed by atoms with E-state index in [1.165, 1.54) is 13.3 Å². The Bertz CT molecular complexity index is 296. The number of carboxylic acid groups (broad SMARTS) is 1. The molecular weight excluding hydrogens is 236 g/mol. The first-order valence-corrected chi connectivity index (χ1v) is 6.42. The number of aliphatic hydroxyl groups is 1. The van der Waals surface area contributed by atoms with E-state index in [0.29, 0.717) is 13.1 Å². The van der Waals surface area contributed by atoms with Gasteiger partial charge in [-0.1, -0.05) is 19.3 Å². The number of urea groups is 1. The summed E-state index contributed by atoms with van der Waals surface area (Å²) in [6.45, 7) is 2.28. The molecule has 18 heavy (non-hydrogen) atoms. The fourth-order valence-electron chi connectivity index (χ4n) is 1.89. The van der Waals surface area contributed by atoms with E-state index >= 15 is 0 Å². The van der Waals surface area contributed by atoms with Crippen LogP contribution in [0.1, 0.15) is 39.0 Å². The average Bonchev–Trinajstić information content (AvgIpc) is 2.25. The van der Waals surface area contributed by atoms with Crippen LogP contribution in [-0.4, -0.2) is 52.3 Å². The number of aliphatic carboxylic acids is 1. The van der Waals surface area contributed by atoms with Crippen molar-refractivity contribution < 1.29 is 19.8 Å². The van der Waals surface area contributed by atoms with Crippen LogP contribution in [-0.2, 0) is 4.79 Å². The summed E-state index contributed by atoms with van der Waals surface area (Å²) in [5, 5.41) is 20.7. The van der Waals surface area contributed by atoms with Gasteiger partial charge in [-0.3, -0.25) is 0 Å². The number of rotatable bonds is 3. The Morgan fingerprint density at radius 2 is 1.67 bits per heavy atom. The van der Waals surface area contributed by atoms with E-state index in [1.54, 1.807) is 4.90 Å². The van der Waals surface area contributed by atoms with Crippen molar-refractivity contribution in [3.05, 3.63) is 0 Å². The van der Waals surface area contributed by atoms with Gasteiger partial charge in [0.15, 0.2) is 5.60 Å². The molecule has 0 aromatic rings. The van der Waals surface area contributed by atoms with Crippen LogP contribution in [0.15, 0.2) is 0 Å². The zero-order valence-corrected chi connectivity index (χ0v) is 10.8. The Morgan fingerprint density at radius 3 is 2.17 bits per heavy atom. The summed E-state index contributed by atoms with van der Waals surface area (Å²) >= 11 is 0. The second-order valence-electron chi connectivity index (χ2n) is 4.99. The van der Waals surface area contributed by atoms with Gasteiger partial charge in [0.1, 0.15) is 0 Å². The van der Waals surface area contributed by atoms with Gasteiger partial charge in [-0.15, -0.1) is 0 Å². The van der Waals surface area contributed by atoms with Crippen molar-refractivity contribution in [3.63, 3.8) is 0 Å². The normalized spacial score (nSPS) is 20.4. The minimum absolute atomic E-state index is 0.280. The summed E-state index contributed by atoms with van der Waals surface area (Å²) in [5.41, 5.74) is -1.92. The molecule has 0 aromatic heterocycles. The second kappa shape index (κ2) is 6.58. The quantitative estimate of drug-likeness (QED) is 0.698. The Balaban J connectivity index is 2.41. The first kappa shape index (κ1) is 14.8. The predicted molar refractivity (Wildman–Crippen MR) is 66.3 cm³/mol. The Morgan fingerprint density at radius 1 is 1.17 bits per heavy atom. The fourth-order valence-corrected chi connectivity index (χ4v) is 1.89. The molecule has 1 rings (SSSR count). The summed E-state index contributed by atoms with van der Waals surface area (Å²) in [7, 11) is 0. The van der Waals surface area contributed by atoms with E-state index in [9.17, 15) is 14.7 Å². The van der Waals surface area contributed by atoms with E-state index < -0.39 is 11.6 Å². The number of nitrogens with zero attached hydrogens (tertiary/aromatic N) is 1. The highest BCUT2D eigenvalue weighted by molar-refractivity contribution is 5.79. The van der Waals surface area contributed by atoms with E-state index in [-0.39, 0.29) is 12.6 Å². The lowest BCUT2D eigenvalue weighted by atomic mass is 10.1. The van der Waals surface area contributed by atoms with E-state index in [2.05, 4.69) is 5.32 Å². The van der Waals surface area contributed by atoms with Crippen LogP contribution in [0.2, 0.25) is 0 Å². The van der Waals surface area contributed by atoms with Crippen molar-refractivity contribution in [2.24, 2.45) is 0 Å². The summed E-state index contributed by atoms with van der Waals surface area (Å²) in [4.78, 5) is 24.2. The number of amides is 2. The fraction of sp³-hybridized carbons (Fsp3) is 0.833.